The highest BCUT2D eigenvalue weighted by Crippen LogP contribution is 2.30. The first-order chi connectivity index (χ1) is 14.6. The number of hydrogen-bond acceptors (Lipinski definition) is 5. The number of carbonyl (C=O) groups excluding carboxylic acids is 2. The van der Waals surface area contributed by atoms with Crippen molar-refractivity contribution in [1.29, 1.82) is 0 Å². The maximum atomic E-state index is 12.7. The third kappa shape index (κ3) is 6.31. The summed E-state index contributed by atoms with van der Waals surface area (Å²) in [4.78, 5) is 30.1. The van der Waals surface area contributed by atoms with Gasteiger partial charge in [-0.3, -0.25) is 9.59 Å². The van der Waals surface area contributed by atoms with Crippen LogP contribution in [0.2, 0.25) is 0 Å². The van der Waals surface area contributed by atoms with E-state index in [1.807, 2.05) is 24.0 Å². The number of ether oxygens (including phenoxy) is 1. The Kier molecular flexibility index (Phi) is 7.39. The van der Waals surface area contributed by atoms with E-state index in [4.69, 9.17) is 4.74 Å². The fraction of sp³-hybridized carbons (Fsp3) is 0.381. The van der Waals surface area contributed by atoms with Gasteiger partial charge in [-0.15, -0.1) is 0 Å². The number of aryl methyl sites for hydroxylation is 1. The molecule has 3 rings (SSSR count). The fourth-order valence-corrected chi connectivity index (χ4v) is 3.94. The summed E-state index contributed by atoms with van der Waals surface area (Å²) in [7, 11) is 0. The maximum absolute atomic E-state index is 12.7. The van der Waals surface area contributed by atoms with Crippen LogP contribution in [0.1, 0.15) is 24.0 Å². The van der Waals surface area contributed by atoms with Gasteiger partial charge in [0.25, 0.3) is 5.91 Å². The van der Waals surface area contributed by atoms with Crippen molar-refractivity contribution in [2.45, 2.75) is 25.9 Å². The van der Waals surface area contributed by atoms with Crippen LogP contribution in [0.5, 0.6) is 0 Å². The van der Waals surface area contributed by atoms with Gasteiger partial charge in [-0.25, -0.2) is 4.98 Å². The monoisotopic (exact) mass is 547 g/mol. The third-order valence-electron chi connectivity index (χ3n) is 5.04. The standard InChI is InChI=1S/C21H21F3IN3O3/c1-13-10-16(25)3-4-17(13)27-19(29)12-31-20(30)14-6-8-28(9-7-14)18-5-2-15(11-26-18)21(22,23)24/h2-5,10-11,14H,6-9,12H2,1H3,(H,27,29). The molecule has 0 unspecified atom stereocenters. The van der Waals surface area contributed by atoms with Gasteiger partial charge >= 0.3 is 12.1 Å². The van der Waals surface area contributed by atoms with Crippen LogP contribution >= 0.6 is 22.6 Å². The summed E-state index contributed by atoms with van der Waals surface area (Å²) in [5.74, 6) is -0.788. The van der Waals surface area contributed by atoms with Crippen molar-refractivity contribution in [3.05, 3.63) is 51.2 Å². The number of aromatic nitrogens is 1. The summed E-state index contributed by atoms with van der Waals surface area (Å²) >= 11 is 2.18. The number of nitrogens with zero attached hydrogens (tertiary/aromatic N) is 2. The molecule has 2 aromatic rings. The zero-order chi connectivity index (χ0) is 22.6. The molecule has 1 aliphatic heterocycles. The van der Waals surface area contributed by atoms with Crippen molar-refractivity contribution >= 4 is 46.0 Å². The lowest BCUT2D eigenvalue weighted by Gasteiger charge is -2.31. The summed E-state index contributed by atoms with van der Waals surface area (Å²) in [6, 6.07) is 7.92. The number of piperidine rings is 1. The van der Waals surface area contributed by atoms with Crippen LogP contribution in [0.3, 0.4) is 0 Å². The number of halogens is 4. The maximum Gasteiger partial charge on any atom is 0.417 e. The first-order valence-electron chi connectivity index (χ1n) is 9.64. The highest BCUT2D eigenvalue weighted by atomic mass is 127. The number of nitrogens with one attached hydrogen (secondary N) is 1. The number of esters is 1. The Morgan fingerprint density at radius 3 is 2.52 bits per heavy atom. The molecule has 0 saturated carbocycles. The van der Waals surface area contributed by atoms with Gasteiger partial charge in [0, 0.05) is 28.5 Å². The molecular formula is C21H21F3IN3O3. The van der Waals surface area contributed by atoms with Gasteiger partial charge in [-0.05, 0) is 78.3 Å². The van der Waals surface area contributed by atoms with Gasteiger partial charge in [0.05, 0.1) is 11.5 Å². The van der Waals surface area contributed by atoms with Gasteiger partial charge in [0.1, 0.15) is 5.82 Å². The van der Waals surface area contributed by atoms with Gasteiger partial charge in [-0.2, -0.15) is 13.2 Å². The van der Waals surface area contributed by atoms with Crippen molar-refractivity contribution in [1.82, 2.24) is 4.98 Å². The largest absolute Gasteiger partial charge is 0.455 e. The molecule has 0 radical (unpaired) electrons. The molecule has 10 heteroatoms. The second-order valence-electron chi connectivity index (χ2n) is 7.28. The van der Waals surface area contributed by atoms with E-state index in [1.165, 1.54) is 6.07 Å². The molecule has 1 aromatic heterocycles. The van der Waals surface area contributed by atoms with E-state index in [0.29, 0.717) is 37.4 Å². The molecule has 31 heavy (non-hydrogen) atoms. The minimum absolute atomic E-state index is 0.362. The summed E-state index contributed by atoms with van der Waals surface area (Å²) < 4.78 is 44.2. The lowest BCUT2D eigenvalue weighted by molar-refractivity contribution is -0.152. The highest BCUT2D eigenvalue weighted by Gasteiger charge is 2.31. The number of alkyl halides is 3. The fourth-order valence-electron chi connectivity index (χ4n) is 3.29. The van der Waals surface area contributed by atoms with Crippen molar-refractivity contribution in [3.8, 4) is 0 Å². The lowest BCUT2D eigenvalue weighted by Crippen LogP contribution is -2.38. The van der Waals surface area contributed by atoms with E-state index in [-0.39, 0.29) is 12.5 Å². The molecule has 1 aliphatic rings. The smallest absolute Gasteiger partial charge is 0.417 e. The summed E-state index contributed by atoms with van der Waals surface area (Å²) in [6.07, 6.45) is -2.67. The van der Waals surface area contributed by atoms with E-state index in [0.717, 1.165) is 21.4 Å². The van der Waals surface area contributed by atoms with Crippen LogP contribution in [0.25, 0.3) is 0 Å². The molecule has 166 valence electrons. The molecule has 2 heterocycles. The Bertz CT molecular complexity index is 943. The zero-order valence-electron chi connectivity index (χ0n) is 16.7. The number of hydrogen-bond donors (Lipinski definition) is 1. The van der Waals surface area contributed by atoms with Gasteiger partial charge in [0.2, 0.25) is 0 Å². The average Bonchev–Trinajstić information content (AvgIpc) is 2.73. The predicted octanol–water partition coefficient (Wildman–Crippen LogP) is 4.41. The van der Waals surface area contributed by atoms with Crippen LogP contribution in [0.15, 0.2) is 36.5 Å². The van der Waals surface area contributed by atoms with Crippen molar-refractivity contribution in [2.75, 3.05) is 29.9 Å². The van der Waals surface area contributed by atoms with Crippen LogP contribution in [-0.4, -0.2) is 36.6 Å². The Morgan fingerprint density at radius 1 is 1.23 bits per heavy atom. The first kappa shape index (κ1) is 23.3. The molecule has 1 N–H and O–H groups in total. The Hall–Kier alpha value is -2.37. The Balaban J connectivity index is 1.45. The number of pyridine rings is 1. The molecule has 1 aromatic carbocycles. The number of rotatable bonds is 5. The van der Waals surface area contributed by atoms with Gasteiger partial charge < -0.3 is 15.0 Å². The van der Waals surface area contributed by atoms with E-state index in [9.17, 15) is 22.8 Å². The Morgan fingerprint density at radius 2 is 1.94 bits per heavy atom. The third-order valence-corrected chi connectivity index (χ3v) is 5.71. The molecule has 0 spiro atoms. The first-order valence-corrected chi connectivity index (χ1v) is 10.7. The Labute approximate surface area is 191 Å². The van der Waals surface area contributed by atoms with Crippen molar-refractivity contribution in [3.63, 3.8) is 0 Å². The molecule has 0 aliphatic carbocycles. The van der Waals surface area contributed by atoms with E-state index < -0.39 is 23.6 Å². The molecule has 1 saturated heterocycles. The second-order valence-corrected chi connectivity index (χ2v) is 8.52. The number of amides is 1. The minimum atomic E-state index is -4.42. The van der Waals surface area contributed by atoms with Crippen LogP contribution in [0.4, 0.5) is 24.7 Å². The SMILES string of the molecule is Cc1cc(I)ccc1NC(=O)COC(=O)C1CCN(c2ccc(C(F)(F)F)cn2)CC1. The normalized spacial score (nSPS) is 14.9. The van der Waals surface area contributed by atoms with Crippen LogP contribution in [0, 0.1) is 16.4 Å². The summed E-state index contributed by atoms with van der Waals surface area (Å²) in [5.41, 5.74) is 0.781. The minimum Gasteiger partial charge on any atom is -0.455 e. The molecule has 6 nitrogen and oxygen atoms in total. The van der Waals surface area contributed by atoms with Gasteiger partial charge in [0.15, 0.2) is 6.61 Å². The number of carbonyl (C=O) groups is 2. The van der Waals surface area contributed by atoms with E-state index >= 15 is 0 Å². The molecule has 0 bridgehead atoms. The summed E-state index contributed by atoms with van der Waals surface area (Å²) in [5, 5.41) is 2.72. The zero-order valence-corrected chi connectivity index (χ0v) is 18.9. The number of benzene rings is 1. The van der Waals surface area contributed by atoms with Crippen molar-refractivity contribution < 1.29 is 27.5 Å². The van der Waals surface area contributed by atoms with E-state index in [2.05, 4.69) is 32.9 Å². The molecule has 1 amide bonds. The second kappa shape index (κ2) is 9.84. The van der Waals surface area contributed by atoms with Crippen molar-refractivity contribution in [2.24, 2.45) is 5.92 Å². The molecule has 0 atom stereocenters. The summed E-state index contributed by atoms with van der Waals surface area (Å²) in [6.45, 7) is 2.44. The highest BCUT2D eigenvalue weighted by molar-refractivity contribution is 14.1. The van der Waals surface area contributed by atoms with E-state index in [1.54, 1.807) is 6.07 Å². The van der Waals surface area contributed by atoms with Crippen LogP contribution < -0.4 is 10.2 Å². The lowest BCUT2D eigenvalue weighted by atomic mass is 9.97. The quantitative estimate of drug-likeness (QED) is 0.444. The predicted molar refractivity (Wildman–Crippen MR) is 118 cm³/mol. The average molecular weight is 547 g/mol. The number of anilines is 2. The molecule has 1 fully saturated rings. The van der Waals surface area contributed by atoms with Crippen LogP contribution in [-0.2, 0) is 20.5 Å². The topological polar surface area (TPSA) is 71.5 Å². The molecular weight excluding hydrogens is 526 g/mol. The van der Waals surface area contributed by atoms with Gasteiger partial charge in [-0.1, -0.05) is 0 Å².